The Morgan fingerprint density at radius 3 is 2.88 bits per heavy atom. The molecule has 0 amide bonds. The van der Waals surface area contributed by atoms with E-state index in [1.165, 1.54) is 5.56 Å². The van der Waals surface area contributed by atoms with Crippen LogP contribution in [0.2, 0.25) is 0 Å². The molecule has 16 heavy (non-hydrogen) atoms. The van der Waals surface area contributed by atoms with Crippen molar-refractivity contribution in [2.45, 2.75) is 20.3 Å². The van der Waals surface area contributed by atoms with Crippen molar-refractivity contribution >= 4 is 5.97 Å². The van der Waals surface area contributed by atoms with E-state index in [0.717, 1.165) is 12.2 Å². The highest BCUT2D eigenvalue weighted by Crippen LogP contribution is 2.13. The highest BCUT2D eigenvalue weighted by atomic mass is 16.5. The first-order valence-electron chi connectivity index (χ1n) is 5.25. The molecule has 0 atom stereocenters. The molecule has 3 heteroatoms. The molecule has 0 fully saturated rings. The topological polar surface area (TPSA) is 46.5 Å². The summed E-state index contributed by atoms with van der Waals surface area (Å²) in [6, 6.07) is 7.79. The standard InChI is InChI=1S/C13H16O3/c1-3-11-5-4-6-12(9-11)16-8-7-10(2)13(14)15/h4-7,9H,3,8H2,1-2H3,(H,14,15). The number of aryl methyl sites for hydroxylation is 1. The summed E-state index contributed by atoms with van der Waals surface area (Å²) in [5.41, 5.74) is 1.50. The summed E-state index contributed by atoms with van der Waals surface area (Å²) in [6.45, 7) is 3.91. The third-order valence-corrected chi connectivity index (χ3v) is 2.28. The normalized spacial score (nSPS) is 11.2. The van der Waals surface area contributed by atoms with Gasteiger partial charge in [-0.1, -0.05) is 19.1 Å². The molecule has 0 aliphatic rings. The molecule has 86 valence electrons. The second-order valence-electron chi connectivity index (χ2n) is 3.50. The van der Waals surface area contributed by atoms with Crippen molar-refractivity contribution < 1.29 is 14.6 Å². The van der Waals surface area contributed by atoms with Crippen molar-refractivity contribution in [3.8, 4) is 5.75 Å². The minimum atomic E-state index is -0.911. The van der Waals surface area contributed by atoms with Gasteiger partial charge in [-0.3, -0.25) is 0 Å². The molecule has 0 aromatic heterocycles. The number of rotatable bonds is 5. The Morgan fingerprint density at radius 2 is 2.25 bits per heavy atom. The Bertz CT molecular complexity index is 394. The van der Waals surface area contributed by atoms with Crippen LogP contribution in [0.3, 0.4) is 0 Å². The van der Waals surface area contributed by atoms with Crippen LogP contribution < -0.4 is 4.74 Å². The van der Waals surface area contributed by atoms with Gasteiger partial charge in [0.1, 0.15) is 12.4 Å². The third kappa shape index (κ3) is 3.77. The van der Waals surface area contributed by atoms with Gasteiger partial charge in [-0.2, -0.15) is 0 Å². The fourth-order valence-corrected chi connectivity index (χ4v) is 1.21. The van der Waals surface area contributed by atoms with E-state index in [1.54, 1.807) is 13.0 Å². The van der Waals surface area contributed by atoms with Crippen molar-refractivity contribution in [3.05, 3.63) is 41.5 Å². The number of carbonyl (C=O) groups is 1. The van der Waals surface area contributed by atoms with E-state index in [0.29, 0.717) is 5.57 Å². The Hall–Kier alpha value is -1.77. The van der Waals surface area contributed by atoms with Crippen molar-refractivity contribution in [2.75, 3.05) is 6.61 Å². The lowest BCUT2D eigenvalue weighted by molar-refractivity contribution is -0.132. The predicted octanol–water partition coefficient (Wildman–Crippen LogP) is 2.66. The van der Waals surface area contributed by atoms with Crippen LogP contribution in [0.5, 0.6) is 5.75 Å². The molecule has 0 spiro atoms. The lowest BCUT2D eigenvalue weighted by Gasteiger charge is -2.05. The summed E-state index contributed by atoms with van der Waals surface area (Å²) >= 11 is 0. The minimum absolute atomic E-state index is 0.283. The maximum absolute atomic E-state index is 10.5. The van der Waals surface area contributed by atoms with Crippen LogP contribution in [-0.4, -0.2) is 17.7 Å². The lowest BCUT2D eigenvalue weighted by Crippen LogP contribution is -2.00. The van der Waals surface area contributed by atoms with Crippen molar-refractivity contribution in [1.82, 2.24) is 0 Å². The van der Waals surface area contributed by atoms with Crippen LogP contribution in [0.4, 0.5) is 0 Å². The molecule has 1 aromatic carbocycles. The highest BCUT2D eigenvalue weighted by molar-refractivity contribution is 5.85. The molecule has 0 bridgehead atoms. The fraction of sp³-hybridized carbons (Fsp3) is 0.308. The lowest BCUT2D eigenvalue weighted by atomic mass is 10.2. The number of hydrogen-bond acceptors (Lipinski definition) is 2. The molecule has 0 saturated carbocycles. The third-order valence-electron chi connectivity index (χ3n) is 2.28. The van der Waals surface area contributed by atoms with Crippen LogP contribution in [0.1, 0.15) is 19.4 Å². The molecular weight excluding hydrogens is 204 g/mol. The van der Waals surface area contributed by atoms with E-state index >= 15 is 0 Å². The van der Waals surface area contributed by atoms with Gasteiger partial charge in [-0.05, 0) is 37.1 Å². The maximum atomic E-state index is 10.5. The van der Waals surface area contributed by atoms with Crippen LogP contribution in [0.25, 0.3) is 0 Å². The summed E-state index contributed by atoms with van der Waals surface area (Å²) in [4.78, 5) is 10.5. The van der Waals surface area contributed by atoms with Gasteiger partial charge in [0.15, 0.2) is 0 Å². The monoisotopic (exact) mass is 220 g/mol. The zero-order valence-corrected chi connectivity index (χ0v) is 9.56. The number of carboxylic acids is 1. The number of ether oxygens (including phenoxy) is 1. The maximum Gasteiger partial charge on any atom is 0.331 e. The first-order chi connectivity index (χ1) is 7.63. The van der Waals surface area contributed by atoms with Crippen LogP contribution in [-0.2, 0) is 11.2 Å². The largest absolute Gasteiger partial charge is 0.490 e. The van der Waals surface area contributed by atoms with Gasteiger partial charge in [-0.25, -0.2) is 4.79 Å². The number of aliphatic carboxylic acids is 1. The average Bonchev–Trinajstić information content (AvgIpc) is 2.29. The van der Waals surface area contributed by atoms with Crippen molar-refractivity contribution in [3.63, 3.8) is 0 Å². The summed E-state index contributed by atoms with van der Waals surface area (Å²) < 4.78 is 5.43. The number of hydrogen-bond donors (Lipinski definition) is 1. The molecule has 0 unspecified atom stereocenters. The predicted molar refractivity (Wildman–Crippen MR) is 62.7 cm³/mol. The Labute approximate surface area is 95.4 Å². The zero-order valence-electron chi connectivity index (χ0n) is 9.56. The quantitative estimate of drug-likeness (QED) is 0.776. The smallest absolute Gasteiger partial charge is 0.331 e. The summed E-state index contributed by atoms with van der Waals surface area (Å²) in [5.74, 6) is -0.139. The van der Waals surface area contributed by atoms with E-state index in [-0.39, 0.29) is 6.61 Å². The van der Waals surface area contributed by atoms with E-state index in [1.807, 2.05) is 24.3 Å². The molecule has 3 nitrogen and oxygen atoms in total. The molecule has 0 heterocycles. The molecule has 0 aliphatic heterocycles. The minimum Gasteiger partial charge on any atom is -0.490 e. The van der Waals surface area contributed by atoms with Crippen molar-refractivity contribution in [2.24, 2.45) is 0 Å². The van der Waals surface area contributed by atoms with Gasteiger partial charge in [0.05, 0.1) is 0 Å². The van der Waals surface area contributed by atoms with Gasteiger partial charge < -0.3 is 9.84 Å². The van der Waals surface area contributed by atoms with Crippen LogP contribution in [0.15, 0.2) is 35.9 Å². The van der Waals surface area contributed by atoms with Crippen LogP contribution >= 0.6 is 0 Å². The number of carboxylic acid groups (broad SMARTS) is 1. The van der Waals surface area contributed by atoms with Gasteiger partial charge in [0.2, 0.25) is 0 Å². The van der Waals surface area contributed by atoms with Gasteiger partial charge >= 0.3 is 5.97 Å². The second kappa shape index (κ2) is 5.95. The first-order valence-corrected chi connectivity index (χ1v) is 5.25. The highest BCUT2D eigenvalue weighted by Gasteiger charge is 1.99. The summed E-state index contributed by atoms with van der Waals surface area (Å²) in [6.07, 6.45) is 2.52. The summed E-state index contributed by atoms with van der Waals surface area (Å²) in [7, 11) is 0. The van der Waals surface area contributed by atoms with Gasteiger partial charge in [0.25, 0.3) is 0 Å². The molecule has 0 aliphatic carbocycles. The molecule has 1 N–H and O–H groups in total. The van der Waals surface area contributed by atoms with Crippen molar-refractivity contribution in [1.29, 1.82) is 0 Å². The van der Waals surface area contributed by atoms with Gasteiger partial charge in [0, 0.05) is 5.57 Å². The molecule has 1 rings (SSSR count). The Kier molecular flexibility index (Phi) is 4.58. The average molecular weight is 220 g/mol. The van der Waals surface area contributed by atoms with Gasteiger partial charge in [-0.15, -0.1) is 0 Å². The summed E-state index contributed by atoms with van der Waals surface area (Å²) in [5, 5.41) is 8.64. The Morgan fingerprint density at radius 1 is 1.50 bits per heavy atom. The van der Waals surface area contributed by atoms with E-state index < -0.39 is 5.97 Å². The number of benzene rings is 1. The zero-order chi connectivity index (χ0) is 12.0. The second-order valence-corrected chi connectivity index (χ2v) is 3.50. The molecule has 0 radical (unpaired) electrons. The first kappa shape index (κ1) is 12.3. The molecule has 1 aromatic rings. The SMILES string of the molecule is CCc1cccc(OCC=C(C)C(=O)O)c1. The van der Waals surface area contributed by atoms with E-state index in [9.17, 15) is 4.79 Å². The fourth-order valence-electron chi connectivity index (χ4n) is 1.21. The van der Waals surface area contributed by atoms with E-state index in [4.69, 9.17) is 9.84 Å². The Balaban J connectivity index is 2.55. The van der Waals surface area contributed by atoms with Crippen LogP contribution in [0, 0.1) is 0 Å². The molecular formula is C13H16O3. The van der Waals surface area contributed by atoms with E-state index in [2.05, 4.69) is 6.92 Å². The molecule has 0 saturated heterocycles.